The number of H-pyrrole nitrogens is 1. The maximum absolute atomic E-state index is 10.9. The third-order valence-electron chi connectivity index (χ3n) is 2.85. The van der Waals surface area contributed by atoms with Crippen molar-refractivity contribution in [3.63, 3.8) is 0 Å². The van der Waals surface area contributed by atoms with Gasteiger partial charge in [0.25, 0.3) is 0 Å². The van der Waals surface area contributed by atoms with Crippen molar-refractivity contribution in [3.05, 3.63) is 52.5 Å². The van der Waals surface area contributed by atoms with Gasteiger partial charge in [0.05, 0.1) is 16.6 Å². The summed E-state index contributed by atoms with van der Waals surface area (Å²) in [5, 5.41) is 8.96. The van der Waals surface area contributed by atoms with E-state index < -0.39 is 5.97 Å². The Kier molecular flexibility index (Phi) is 2.83. The fourth-order valence-electron chi connectivity index (χ4n) is 1.88. The highest BCUT2D eigenvalue weighted by Gasteiger charge is 2.08. The first kappa shape index (κ1) is 11.9. The molecule has 5 heteroatoms. The number of aromatic amines is 1. The molecule has 0 aliphatic heterocycles. The number of hydrogen-bond donors (Lipinski definition) is 2. The van der Waals surface area contributed by atoms with Gasteiger partial charge in [0.15, 0.2) is 0 Å². The van der Waals surface area contributed by atoms with Crippen LogP contribution in [0.5, 0.6) is 0 Å². The number of aromatic carboxylic acids is 1. The summed E-state index contributed by atoms with van der Waals surface area (Å²) in [6.07, 6.45) is 0. The molecule has 4 nitrogen and oxygen atoms in total. The summed E-state index contributed by atoms with van der Waals surface area (Å²) in [5.41, 5.74) is 2.67. The molecule has 0 spiro atoms. The van der Waals surface area contributed by atoms with E-state index in [1.165, 1.54) is 0 Å². The highest BCUT2D eigenvalue weighted by atomic mass is 79.9. The average Bonchev–Trinajstić information content (AvgIpc) is 2.82. The molecule has 0 amide bonds. The summed E-state index contributed by atoms with van der Waals surface area (Å²) < 4.78 is 1.00. The second-order valence-corrected chi connectivity index (χ2v) is 5.05. The van der Waals surface area contributed by atoms with Gasteiger partial charge in [-0.25, -0.2) is 9.78 Å². The van der Waals surface area contributed by atoms with E-state index in [4.69, 9.17) is 5.11 Å². The Hall–Kier alpha value is -2.14. The molecule has 0 radical (unpaired) electrons. The Bertz CT molecular complexity index is 763. The molecule has 0 atom stereocenters. The van der Waals surface area contributed by atoms with Gasteiger partial charge in [0.2, 0.25) is 0 Å². The quantitative estimate of drug-likeness (QED) is 0.757. The minimum atomic E-state index is -0.949. The van der Waals surface area contributed by atoms with E-state index >= 15 is 0 Å². The number of hydrogen-bond acceptors (Lipinski definition) is 2. The van der Waals surface area contributed by atoms with Gasteiger partial charge in [-0.05, 0) is 30.3 Å². The normalized spacial score (nSPS) is 10.8. The molecule has 3 aromatic rings. The van der Waals surface area contributed by atoms with Crippen LogP contribution in [0.3, 0.4) is 0 Å². The Morgan fingerprint density at radius 3 is 2.58 bits per heavy atom. The van der Waals surface area contributed by atoms with E-state index in [9.17, 15) is 4.79 Å². The minimum absolute atomic E-state index is 0.237. The van der Waals surface area contributed by atoms with Crippen LogP contribution in [0.2, 0.25) is 0 Å². The third kappa shape index (κ3) is 2.24. The molecule has 19 heavy (non-hydrogen) atoms. The van der Waals surface area contributed by atoms with Crippen LogP contribution in [0.25, 0.3) is 22.4 Å². The van der Waals surface area contributed by atoms with E-state index in [-0.39, 0.29) is 5.56 Å². The molecular formula is C14H9BrN2O2. The van der Waals surface area contributed by atoms with Gasteiger partial charge in [0, 0.05) is 10.0 Å². The Labute approximate surface area is 117 Å². The number of halogens is 1. The van der Waals surface area contributed by atoms with Crippen LogP contribution < -0.4 is 0 Å². The molecule has 0 saturated heterocycles. The summed E-state index contributed by atoms with van der Waals surface area (Å²) in [4.78, 5) is 18.5. The maximum Gasteiger partial charge on any atom is 0.335 e. The predicted molar refractivity (Wildman–Crippen MR) is 76.2 cm³/mol. The monoisotopic (exact) mass is 316 g/mol. The number of carbonyl (C=O) groups is 1. The highest BCUT2D eigenvalue weighted by molar-refractivity contribution is 9.10. The first-order chi connectivity index (χ1) is 9.13. The summed E-state index contributed by atoms with van der Waals surface area (Å²) >= 11 is 3.38. The smallest absolute Gasteiger partial charge is 0.335 e. The molecule has 2 N–H and O–H groups in total. The molecule has 0 bridgehead atoms. The SMILES string of the molecule is O=C(O)c1ccc2[nH]c(-c3ccc(Br)cc3)nc2c1. The summed E-state index contributed by atoms with van der Waals surface area (Å²) in [7, 11) is 0. The van der Waals surface area contributed by atoms with Crippen LogP contribution in [0.4, 0.5) is 0 Å². The lowest BCUT2D eigenvalue weighted by atomic mass is 10.2. The standard InChI is InChI=1S/C14H9BrN2O2/c15-10-4-1-8(2-5-10)13-16-11-6-3-9(14(18)19)7-12(11)17-13/h1-7H,(H,16,17)(H,18,19). The fourth-order valence-corrected chi connectivity index (χ4v) is 2.15. The lowest BCUT2D eigenvalue weighted by Crippen LogP contribution is -1.94. The van der Waals surface area contributed by atoms with Crippen molar-refractivity contribution in [2.75, 3.05) is 0 Å². The van der Waals surface area contributed by atoms with Crippen molar-refractivity contribution >= 4 is 32.9 Å². The number of benzene rings is 2. The van der Waals surface area contributed by atoms with E-state index in [1.807, 2.05) is 24.3 Å². The molecule has 1 aromatic heterocycles. The number of nitrogens with one attached hydrogen (secondary N) is 1. The summed E-state index contributed by atoms with van der Waals surface area (Å²) in [6.45, 7) is 0. The number of carboxylic acid groups (broad SMARTS) is 1. The number of imidazole rings is 1. The second kappa shape index (κ2) is 4.51. The lowest BCUT2D eigenvalue weighted by molar-refractivity contribution is 0.0697. The average molecular weight is 317 g/mol. The van der Waals surface area contributed by atoms with Crippen LogP contribution in [0.15, 0.2) is 46.9 Å². The topological polar surface area (TPSA) is 66.0 Å². The largest absolute Gasteiger partial charge is 0.478 e. The Morgan fingerprint density at radius 1 is 1.16 bits per heavy atom. The zero-order valence-electron chi connectivity index (χ0n) is 9.72. The Balaban J connectivity index is 2.11. The van der Waals surface area contributed by atoms with Crippen molar-refractivity contribution in [2.24, 2.45) is 0 Å². The number of nitrogens with zero attached hydrogens (tertiary/aromatic N) is 1. The second-order valence-electron chi connectivity index (χ2n) is 4.13. The molecule has 0 fully saturated rings. The molecule has 0 unspecified atom stereocenters. The fraction of sp³-hybridized carbons (Fsp3) is 0. The number of rotatable bonds is 2. The summed E-state index contributed by atoms with van der Waals surface area (Å²) in [5.74, 6) is -0.222. The number of fused-ring (bicyclic) bond motifs is 1. The van der Waals surface area contributed by atoms with Crippen molar-refractivity contribution < 1.29 is 9.90 Å². The van der Waals surface area contributed by atoms with Crippen LogP contribution in [0, 0.1) is 0 Å². The van der Waals surface area contributed by atoms with E-state index in [0.29, 0.717) is 5.52 Å². The molecule has 0 aliphatic carbocycles. The third-order valence-corrected chi connectivity index (χ3v) is 3.38. The maximum atomic E-state index is 10.9. The van der Waals surface area contributed by atoms with E-state index in [2.05, 4.69) is 25.9 Å². The number of aromatic nitrogens is 2. The van der Waals surface area contributed by atoms with Gasteiger partial charge in [-0.2, -0.15) is 0 Å². The molecule has 2 aromatic carbocycles. The molecule has 1 heterocycles. The first-order valence-corrected chi connectivity index (χ1v) is 6.42. The van der Waals surface area contributed by atoms with Crippen LogP contribution in [-0.2, 0) is 0 Å². The molecule has 0 aliphatic rings. The van der Waals surface area contributed by atoms with Gasteiger partial charge in [0.1, 0.15) is 5.82 Å². The lowest BCUT2D eigenvalue weighted by Gasteiger charge is -1.95. The van der Waals surface area contributed by atoms with Crippen molar-refractivity contribution in [1.82, 2.24) is 9.97 Å². The summed E-state index contributed by atoms with van der Waals surface area (Å²) in [6, 6.07) is 12.6. The van der Waals surface area contributed by atoms with Crippen LogP contribution >= 0.6 is 15.9 Å². The molecule has 94 valence electrons. The van der Waals surface area contributed by atoms with E-state index in [0.717, 1.165) is 21.4 Å². The zero-order valence-corrected chi connectivity index (χ0v) is 11.3. The van der Waals surface area contributed by atoms with Gasteiger partial charge >= 0.3 is 5.97 Å². The highest BCUT2D eigenvalue weighted by Crippen LogP contribution is 2.22. The molecular weight excluding hydrogens is 308 g/mol. The van der Waals surface area contributed by atoms with Crippen molar-refractivity contribution in [1.29, 1.82) is 0 Å². The van der Waals surface area contributed by atoms with Crippen molar-refractivity contribution in [3.8, 4) is 11.4 Å². The van der Waals surface area contributed by atoms with Crippen LogP contribution in [0.1, 0.15) is 10.4 Å². The van der Waals surface area contributed by atoms with Gasteiger partial charge < -0.3 is 10.1 Å². The van der Waals surface area contributed by atoms with Gasteiger partial charge in [-0.1, -0.05) is 28.1 Å². The number of carboxylic acids is 1. The predicted octanol–water partition coefficient (Wildman–Crippen LogP) is 3.69. The van der Waals surface area contributed by atoms with Crippen molar-refractivity contribution in [2.45, 2.75) is 0 Å². The zero-order chi connectivity index (χ0) is 13.4. The Morgan fingerprint density at radius 2 is 1.89 bits per heavy atom. The minimum Gasteiger partial charge on any atom is -0.478 e. The molecule has 0 saturated carbocycles. The van der Waals surface area contributed by atoms with Gasteiger partial charge in [-0.3, -0.25) is 0 Å². The van der Waals surface area contributed by atoms with Crippen LogP contribution in [-0.4, -0.2) is 21.0 Å². The van der Waals surface area contributed by atoms with Gasteiger partial charge in [-0.15, -0.1) is 0 Å². The molecule has 3 rings (SSSR count). The van der Waals surface area contributed by atoms with E-state index in [1.54, 1.807) is 18.2 Å². The first-order valence-electron chi connectivity index (χ1n) is 5.62.